The molecule has 6 heteroatoms. The van der Waals surface area contributed by atoms with Crippen molar-refractivity contribution in [3.8, 4) is 17.8 Å². The van der Waals surface area contributed by atoms with Crippen LogP contribution in [0.4, 0.5) is 0 Å². The summed E-state index contributed by atoms with van der Waals surface area (Å²) in [4.78, 5) is 15.3. The first-order valence-electron chi connectivity index (χ1n) is 10.1. The van der Waals surface area contributed by atoms with E-state index < -0.39 is 0 Å². The Bertz CT molecular complexity index is 1190. The summed E-state index contributed by atoms with van der Waals surface area (Å²) in [5.74, 6) is 0. The van der Waals surface area contributed by atoms with E-state index in [0.717, 1.165) is 36.9 Å². The van der Waals surface area contributed by atoms with Gasteiger partial charge in [0.15, 0.2) is 0 Å². The van der Waals surface area contributed by atoms with Gasteiger partial charge in [-0.25, -0.2) is 0 Å². The minimum atomic E-state index is -0.232. The number of pyridine rings is 1. The molecule has 1 atom stereocenters. The smallest absolute Gasteiger partial charge is 0.262 e. The number of hydrogen-bond acceptors (Lipinski definition) is 5. The zero-order valence-corrected chi connectivity index (χ0v) is 16.7. The maximum absolute atomic E-state index is 13.1. The lowest BCUT2D eigenvalue weighted by Gasteiger charge is -2.33. The molecule has 0 amide bonds. The summed E-state index contributed by atoms with van der Waals surface area (Å²) in [5, 5.41) is 20.2. The van der Waals surface area contributed by atoms with Crippen molar-refractivity contribution >= 4 is 10.8 Å². The summed E-state index contributed by atoms with van der Waals surface area (Å²) in [5.41, 5.74) is 8.15. The van der Waals surface area contributed by atoms with Crippen LogP contribution >= 0.6 is 0 Å². The molecule has 1 fully saturated rings. The van der Waals surface area contributed by atoms with Gasteiger partial charge >= 0.3 is 0 Å². The number of likely N-dealkylation sites (tertiary alicyclic amines) is 1. The molecule has 2 heterocycles. The molecule has 2 N–H and O–H groups in total. The monoisotopic (exact) mass is 397 g/mol. The van der Waals surface area contributed by atoms with Gasteiger partial charge in [-0.15, -0.1) is 0 Å². The molecule has 150 valence electrons. The van der Waals surface area contributed by atoms with Gasteiger partial charge in [-0.05, 0) is 60.2 Å². The van der Waals surface area contributed by atoms with Crippen LogP contribution in [0.25, 0.3) is 16.5 Å². The van der Waals surface area contributed by atoms with Crippen molar-refractivity contribution in [2.45, 2.75) is 31.3 Å². The number of nitrogens with zero attached hydrogens (tertiary/aromatic N) is 4. The van der Waals surface area contributed by atoms with E-state index >= 15 is 0 Å². The summed E-state index contributed by atoms with van der Waals surface area (Å²) in [7, 11) is 0. The second-order valence-corrected chi connectivity index (χ2v) is 7.75. The molecule has 0 unspecified atom stereocenters. The predicted octanol–water partition coefficient (Wildman–Crippen LogP) is 2.72. The second kappa shape index (κ2) is 8.51. The molecule has 6 nitrogen and oxygen atoms in total. The first-order valence-corrected chi connectivity index (χ1v) is 10.1. The highest BCUT2D eigenvalue weighted by molar-refractivity contribution is 5.85. The Labute approximate surface area is 175 Å². The number of fused-ring (bicyclic) bond motifs is 1. The van der Waals surface area contributed by atoms with Crippen LogP contribution in [0, 0.1) is 22.7 Å². The summed E-state index contributed by atoms with van der Waals surface area (Å²) in [6.45, 7) is 1.66. The Hall–Kier alpha value is -3.45. The van der Waals surface area contributed by atoms with Crippen LogP contribution in [0.2, 0.25) is 0 Å². The fourth-order valence-electron chi connectivity index (χ4n) is 4.12. The van der Waals surface area contributed by atoms with E-state index in [1.54, 1.807) is 35.0 Å². The predicted molar refractivity (Wildman–Crippen MR) is 116 cm³/mol. The number of rotatable bonds is 4. The lowest BCUT2D eigenvalue weighted by Crippen LogP contribution is -2.45. The van der Waals surface area contributed by atoms with Gasteiger partial charge in [0.2, 0.25) is 0 Å². The molecule has 2 aromatic carbocycles. The van der Waals surface area contributed by atoms with Crippen LogP contribution in [-0.2, 0) is 6.42 Å². The van der Waals surface area contributed by atoms with Crippen LogP contribution in [0.5, 0.6) is 0 Å². The van der Waals surface area contributed by atoms with E-state index in [2.05, 4.69) is 17.0 Å². The summed E-state index contributed by atoms with van der Waals surface area (Å²) in [6.07, 6.45) is 4.15. The first kappa shape index (κ1) is 19.8. The highest BCUT2D eigenvalue weighted by Crippen LogP contribution is 2.21. The van der Waals surface area contributed by atoms with E-state index in [9.17, 15) is 10.1 Å². The third-order valence-electron chi connectivity index (χ3n) is 5.89. The SMILES string of the molecule is N#Cc1ccc(-n2ccc3c(C[C@@H](C#N)N4CCC(N)CC4)cccc3c2=O)cc1. The number of hydrogen-bond donors (Lipinski definition) is 1. The van der Waals surface area contributed by atoms with Crippen molar-refractivity contribution in [3.63, 3.8) is 0 Å². The maximum Gasteiger partial charge on any atom is 0.262 e. The normalized spacial score (nSPS) is 16.1. The lowest BCUT2D eigenvalue weighted by atomic mass is 9.97. The second-order valence-electron chi connectivity index (χ2n) is 7.75. The van der Waals surface area contributed by atoms with Gasteiger partial charge in [-0.3, -0.25) is 14.3 Å². The zero-order chi connectivity index (χ0) is 21.1. The van der Waals surface area contributed by atoms with Crippen LogP contribution in [0.3, 0.4) is 0 Å². The van der Waals surface area contributed by atoms with Crippen LogP contribution in [-0.4, -0.2) is 34.6 Å². The molecular weight excluding hydrogens is 374 g/mol. The molecule has 0 radical (unpaired) electrons. The van der Waals surface area contributed by atoms with Gasteiger partial charge in [0.25, 0.3) is 5.56 Å². The molecule has 0 aliphatic carbocycles. The van der Waals surface area contributed by atoms with Gasteiger partial charge in [-0.1, -0.05) is 12.1 Å². The van der Waals surface area contributed by atoms with Gasteiger partial charge in [0.05, 0.1) is 17.7 Å². The molecule has 1 aliphatic heterocycles. The molecule has 1 aromatic heterocycles. The first-order chi connectivity index (χ1) is 14.6. The molecule has 0 saturated carbocycles. The van der Waals surface area contributed by atoms with E-state index in [0.29, 0.717) is 23.1 Å². The van der Waals surface area contributed by atoms with E-state index in [1.807, 2.05) is 24.3 Å². The Morgan fingerprint density at radius 2 is 1.77 bits per heavy atom. The summed E-state index contributed by atoms with van der Waals surface area (Å²) in [6, 6.07) is 19.1. The van der Waals surface area contributed by atoms with Crippen molar-refractivity contribution in [1.29, 1.82) is 10.5 Å². The molecule has 1 saturated heterocycles. The summed E-state index contributed by atoms with van der Waals surface area (Å²) >= 11 is 0. The molecule has 30 heavy (non-hydrogen) atoms. The van der Waals surface area contributed by atoms with Crippen LogP contribution < -0.4 is 11.3 Å². The Balaban J connectivity index is 1.67. The van der Waals surface area contributed by atoms with Crippen molar-refractivity contribution in [3.05, 3.63) is 76.2 Å². The molecule has 0 spiro atoms. The quantitative estimate of drug-likeness (QED) is 0.730. The standard InChI is InChI=1S/C24H23N5O/c25-15-17-4-6-20(7-5-17)29-13-10-22-18(2-1-3-23(22)24(29)30)14-21(16-26)28-11-8-19(27)9-12-28/h1-7,10,13,19,21H,8-9,11-12,14,27H2/t21-/m0/s1. The number of nitriles is 2. The minimum absolute atomic E-state index is 0.114. The third-order valence-corrected chi connectivity index (χ3v) is 5.89. The number of piperidine rings is 1. The van der Waals surface area contributed by atoms with Crippen molar-refractivity contribution in [2.75, 3.05) is 13.1 Å². The fourth-order valence-corrected chi connectivity index (χ4v) is 4.12. The molecule has 0 bridgehead atoms. The molecular formula is C24H23N5O. The van der Waals surface area contributed by atoms with Crippen molar-refractivity contribution in [2.24, 2.45) is 5.73 Å². The minimum Gasteiger partial charge on any atom is -0.328 e. The van der Waals surface area contributed by atoms with Gasteiger partial charge in [-0.2, -0.15) is 10.5 Å². The average molecular weight is 397 g/mol. The number of benzene rings is 2. The van der Waals surface area contributed by atoms with E-state index in [-0.39, 0.29) is 17.6 Å². The summed E-state index contributed by atoms with van der Waals surface area (Å²) < 4.78 is 1.58. The Kier molecular flexibility index (Phi) is 5.63. The highest BCUT2D eigenvalue weighted by atomic mass is 16.1. The van der Waals surface area contributed by atoms with Gasteiger partial charge in [0, 0.05) is 42.8 Å². The van der Waals surface area contributed by atoms with Gasteiger partial charge in [0.1, 0.15) is 6.04 Å². The Morgan fingerprint density at radius 1 is 1.03 bits per heavy atom. The van der Waals surface area contributed by atoms with Gasteiger partial charge < -0.3 is 5.73 Å². The van der Waals surface area contributed by atoms with E-state index in [4.69, 9.17) is 11.0 Å². The maximum atomic E-state index is 13.1. The number of nitrogens with two attached hydrogens (primary N) is 1. The fraction of sp³-hybridized carbons (Fsp3) is 0.292. The average Bonchev–Trinajstić information content (AvgIpc) is 2.79. The van der Waals surface area contributed by atoms with Crippen molar-refractivity contribution in [1.82, 2.24) is 9.47 Å². The van der Waals surface area contributed by atoms with Crippen LogP contribution in [0.1, 0.15) is 24.0 Å². The van der Waals surface area contributed by atoms with Crippen LogP contribution in [0.15, 0.2) is 59.5 Å². The van der Waals surface area contributed by atoms with E-state index in [1.165, 1.54) is 0 Å². The molecule has 4 rings (SSSR count). The lowest BCUT2D eigenvalue weighted by molar-refractivity contribution is 0.181. The third kappa shape index (κ3) is 3.84. The molecule has 1 aliphatic rings. The topological polar surface area (TPSA) is 98.8 Å². The number of aromatic nitrogens is 1. The zero-order valence-electron chi connectivity index (χ0n) is 16.7. The van der Waals surface area contributed by atoms with Crippen molar-refractivity contribution < 1.29 is 0 Å². The largest absolute Gasteiger partial charge is 0.328 e. The highest BCUT2D eigenvalue weighted by Gasteiger charge is 2.24. The Morgan fingerprint density at radius 3 is 2.43 bits per heavy atom. The molecule has 3 aromatic rings.